The second-order valence-corrected chi connectivity index (χ2v) is 7.47. The fraction of sp³-hybridized carbons (Fsp3) is 0.136. The molecule has 2 aromatic carbocycles. The molecule has 6 nitrogen and oxygen atoms in total. The number of nitrogens with zero attached hydrogens (tertiary/aromatic N) is 1. The molecule has 0 fully saturated rings. The molecule has 30 heavy (non-hydrogen) atoms. The summed E-state index contributed by atoms with van der Waals surface area (Å²) >= 11 is 11.8. The van der Waals surface area contributed by atoms with Crippen LogP contribution in [0.3, 0.4) is 0 Å². The average Bonchev–Trinajstić information content (AvgIpc) is 2.73. The van der Waals surface area contributed by atoms with Gasteiger partial charge < -0.3 is 20.8 Å². The van der Waals surface area contributed by atoms with Gasteiger partial charge in [0.25, 0.3) is 0 Å². The minimum atomic E-state index is -0.594. The lowest BCUT2D eigenvalue weighted by Gasteiger charge is -2.31. The summed E-state index contributed by atoms with van der Waals surface area (Å²) in [4.78, 5) is 20.5. The van der Waals surface area contributed by atoms with E-state index in [1.165, 1.54) is 0 Å². The third-order valence-corrected chi connectivity index (χ3v) is 5.40. The number of nitrogens with one attached hydrogen (secondary N) is 2. The van der Waals surface area contributed by atoms with E-state index >= 15 is 0 Å². The third-order valence-electron chi connectivity index (χ3n) is 4.86. The van der Waals surface area contributed by atoms with Crippen LogP contribution in [0, 0.1) is 4.77 Å². The van der Waals surface area contributed by atoms with Crippen molar-refractivity contribution in [2.45, 2.75) is 12.8 Å². The summed E-state index contributed by atoms with van der Waals surface area (Å²) in [7, 11) is 0. The summed E-state index contributed by atoms with van der Waals surface area (Å²) in [6.07, 6.45) is 0. The Balaban J connectivity index is 2.08. The molecule has 8 heteroatoms. The standard InChI is InChI=1S/C22H19ClN4O2S/c1-2-29-21(28)16-15(13-10-6-7-11-14(13)23)17-19(24)26-22(30)27-20(17)25-18(16)12-8-4-3-5-9-12/h3-11,15H,2H2,1H3,(H4,24,25,26,27,30). The lowest BCUT2D eigenvalue weighted by atomic mass is 9.80. The fourth-order valence-electron chi connectivity index (χ4n) is 3.64. The number of fused-ring (bicyclic) bond motifs is 1. The van der Waals surface area contributed by atoms with Crippen LogP contribution >= 0.6 is 23.8 Å². The van der Waals surface area contributed by atoms with Crippen molar-refractivity contribution < 1.29 is 9.53 Å². The van der Waals surface area contributed by atoms with Crippen molar-refractivity contribution >= 4 is 47.1 Å². The van der Waals surface area contributed by atoms with E-state index in [0.717, 1.165) is 11.1 Å². The van der Waals surface area contributed by atoms with Gasteiger partial charge in [-0.3, -0.25) is 0 Å². The zero-order valence-corrected chi connectivity index (χ0v) is 17.7. The van der Waals surface area contributed by atoms with E-state index < -0.39 is 11.9 Å². The highest BCUT2D eigenvalue weighted by atomic mass is 35.5. The molecule has 0 bridgehead atoms. The molecule has 4 rings (SSSR count). The van der Waals surface area contributed by atoms with Gasteiger partial charge in [-0.25, -0.2) is 9.78 Å². The quantitative estimate of drug-likeness (QED) is 0.396. The number of ether oxygens (including phenoxy) is 1. The summed E-state index contributed by atoms with van der Waals surface area (Å²) in [6, 6.07) is 16.8. The maximum Gasteiger partial charge on any atom is 0.337 e. The molecule has 0 radical (unpaired) electrons. The maximum absolute atomic E-state index is 13.2. The highest BCUT2D eigenvalue weighted by Crippen LogP contribution is 2.47. The molecule has 0 amide bonds. The number of nitrogen functional groups attached to an aromatic ring is 1. The molecular weight excluding hydrogens is 420 g/mol. The second kappa shape index (κ2) is 8.30. The lowest BCUT2D eigenvalue weighted by Crippen LogP contribution is -2.27. The van der Waals surface area contributed by atoms with Crippen LogP contribution in [0.15, 0.2) is 60.2 Å². The molecule has 1 aliphatic rings. The topological polar surface area (TPSA) is 93.0 Å². The van der Waals surface area contributed by atoms with Gasteiger partial charge in [-0.2, -0.15) is 0 Å². The van der Waals surface area contributed by atoms with Crippen molar-refractivity contribution in [1.29, 1.82) is 0 Å². The third kappa shape index (κ3) is 3.58. The molecular formula is C22H19ClN4O2S. The Labute approximate surface area is 183 Å². The molecule has 152 valence electrons. The van der Waals surface area contributed by atoms with Crippen LogP contribution in [0.2, 0.25) is 5.02 Å². The Hall–Kier alpha value is -3.16. The first-order valence-corrected chi connectivity index (χ1v) is 10.2. The van der Waals surface area contributed by atoms with E-state index in [1.807, 2.05) is 48.5 Å². The van der Waals surface area contributed by atoms with Crippen LogP contribution in [0.5, 0.6) is 0 Å². The highest BCUT2D eigenvalue weighted by Gasteiger charge is 2.38. The van der Waals surface area contributed by atoms with Gasteiger partial charge in [-0.1, -0.05) is 60.1 Å². The maximum atomic E-state index is 13.2. The number of rotatable bonds is 4. The van der Waals surface area contributed by atoms with Crippen LogP contribution in [0.4, 0.5) is 11.6 Å². The molecule has 1 aliphatic heterocycles. The number of benzene rings is 2. The summed E-state index contributed by atoms with van der Waals surface area (Å²) < 4.78 is 5.67. The average molecular weight is 439 g/mol. The number of halogens is 1. The monoisotopic (exact) mass is 438 g/mol. The van der Waals surface area contributed by atoms with E-state index in [2.05, 4.69) is 15.3 Å². The second-order valence-electron chi connectivity index (χ2n) is 6.67. The molecule has 0 spiro atoms. The molecule has 0 aliphatic carbocycles. The molecule has 0 saturated heterocycles. The zero-order valence-electron chi connectivity index (χ0n) is 16.1. The number of aromatic nitrogens is 2. The van der Waals surface area contributed by atoms with Crippen LogP contribution in [0.25, 0.3) is 5.70 Å². The number of H-pyrrole nitrogens is 1. The smallest absolute Gasteiger partial charge is 0.337 e. The van der Waals surface area contributed by atoms with Gasteiger partial charge in [0.05, 0.1) is 23.8 Å². The molecule has 3 aromatic rings. The molecule has 4 N–H and O–H groups in total. The number of esters is 1. The van der Waals surface area contributed by atoms with Crippen molar-refractivity contribution in [1.82, 2.24) is 9.97 Å². The van der Waals surface area contributed by atoms with Crippen LogP contribution < -0.4 is 11.1 Å². The number of anilines is 2. The van der Waals surface area contributed by atoms with E-state index in [1.54, 1.807) is 13.0 Å². The largest absolute Gasteiger partial charge is 0.463 e. The molecule has 1 unspecified atom stereocenters. The first-order valence-electron chi connectivity index (χ1n) is 9.39. The minimum absolute atomic E-state index is 0.234. The van der Waals surface area contributed by atoms with Crippen molar-refractivity contribution in [3.05, 3.63) is 86.7 Å². The summed E-state index contributed by atoms with van der Waals surface area (Å²) in [5, 5.41) is 3.77. The molecule has 1 atom stereocenters. The number of carbonyl (C=O) groups excluding carboxylic acids is 1. The van der Waals surface area contributed by atoms with Gasteiger partial charge in [0.2, 0.25) is 0 Å². The first kappa shape index (κ1) is 20.1. The summed E-state index contributed by atoms with van der Waals surface area (Å²) in [5.74, 6) is -0.255. The van der Waals surface area contributed by atoms with E-state index in [4.69, 9.17) is 34.3 Å². The zero-order chi connectivity index (χ0) is 21.3. The number of nitrogens with two attached hydrogens (primary N) is 1. The molecule has 1 aromatic heterocycles. The van der Waals surface area contributed by atoms with Gasteiger partial charge in [0.15, 0.2) is 4.77 Å². The van der Waals surface area contributed by atoms with E-state index in [0.29, 0.717) is 33.5 Å². The number of carbonyl (C=O) groups is 1. The SMILES string of the molecule is CCOC(=O)C1=C(c2ccccc2)Nc2nc(=S)[nH]c(N)c2C1c1ccccc1Cl. The molecule has 2 heterocycles. The van der Waals surface area contributed by atoms with Gasteiger partial charge in [-0.05, 0) is 36.3 Å². The number of hydrogen-bond acceptors (Lipinski definition) is 6. The minimum Gasteiger partial charge on any atom is -0.463 e. The van der Waals surface area contributed by atoms with Crippen LogP contribution in [-0.4, -0.2) is 22.5 Å². The Morgan fingerprint density at radius 2 is 1.90 bits per heavy atom. The van der Waals surface area contributed by atoms with Gasteiger partial charge in [-0.15, -0.1) is 0 Å². The van der Waals surface area contributed by atoms with E-state index in [-0.39, 0.29) is 11.4 Å². The van der Waals surface area contributed by atoms with Gasteiger partial charge in [0.1, 0.15) is 11.6 Å². The van der Waals surface area contributed by atoms with E-state index in [9.17, 15) is 4.79 Å². The Morgan fingerprint density at radius 3 is 2.60 bits per heavy atom. The Kier molecular flexibility index (Phi) is 5.57. The lowest BCUT2D eigenvalue weighted by molar-refractivity contribution is -0.138. The Bertz CT molecular complexity index is 1210. The van der Waals surface area contributed by atoms with Crippen molar-refractivity contribution in [3.63, 3.8) is 0 Å². The van der Waals surface area contributed by atoms with Crippen molar-refractivity contribution in [2.75, 3.05) is 17.7 Å². The van der Waals surface area contributed by atoms with Crippen LogP contribution in [-0.2, 0) is 9.53 Å². The van der Waals surface area contributed by atoms with Gasteiger partial charge in [0, 0.05) is 10.6 Å². The Morgan fingerprint density at radius 1 is 1.20 bits per heavy atom. The van der Waals surface area contributed by atoms with Crippen molar-refractivity contribution in [3.8, 4) is 0 Å². The normalized spacial score (nSPS) is 15.3. The van der Waals surface area contributed by atoms with Crippen molar-refractivity contribution in [2.24, 2.45) is 0 Å². The van der Waals surface area contributed by atoms with Gasteiger partial charge >= 0.3 is 5.97 Å². The highest BCUT2D eigenvalue weighted by molar-refractivity contribution is 7.71. The number of aromatic amines is 1. The predicted molar refractivity (Wildman–Crippen MR) is 121 cm³/mol. The molecule has 0 saturated carbocycles. The number of hydrogen-bond donors (Lipinski definition) is 3. The fourth-order valence-corrected chi connectivity index (χ4v) is 4.09. The first-order chi connectivity index (χ1) is 14.5. The summed E-state index contributed by atoms with van der Waals surface area (Å²) in [5.41, 5.74) is 9.43. The summed E-state index contributed by atoms with van der Waals surface area (Å²) in [6.45, 7) is 2.00. The predicted octanol–water partition coefficient (Wildman–Crippen LogP) is 4.91. The van der Waals surface area contributed by atoms with Crippen LogP contribution in [0.1, 0.15) is 29.5 Å².